The van der Waals surface area contributed by atoms with Crippen LogP contribution in [-0.4, -0.2) is 34.5 Å². The van der Waals surface area contributed by atoms with Gasteiger partial charge in [-0.05, 0) is 67.0 Å². The highest BCUT2D eigenvalue weighted by Crippen LogP contribution is 2.43. The van der Waals surface area contributed by atoms with E-state index < -0.39 is 23.4 Å². The summed E-state index contributed by atoms with van der Waals surface area (Å²) in [6.07, 6.45) is -9.07. The average Bonchev–Trinajstić information content (AvgIpc) is 2.91. The average molecular weight is 578 g/mol. The maximum Gasteiger partial charge on any atom is 0.438 e. The number of alkyl halides is 6. The molecule has 2 aromatic carbocycles. The number of ether oxygens (including phenoxy) is 1. The molecule has 0 atom stereocenters. The molecule has 4 nitrogen and oxygen atoms in total. The second kappa shape index (κ2) is 12.0. The summed E-state index contributed by atoms with van der Waals surface area (Å²) in [5.41, 5.74) is -0.154. The normalized spacial score (nSPS) is 12.5. The fraction of sp³-hybridized carbons (Fsp3) is 0.355. The van der Waals surface area contributed by atoms with E-state index in [2.05, 4.69) is 4.98 Å². The zero-order valence-electron chi connectivity index (χ0n) is 22.9. The monoisotopic (exact) mass is 577 g/mol. The number of benzene rings is 2. The molecule has 1 heterocycles. The number of carbonyl (C=O) groups is 1. The van der Waals surface area contributed by atoms with Gasteiger partial charge in [0.25, 0.3) is 6.47 Å². The van der Waals surface area contributed by atoms with E-state index in [1.54, 1.807) is 25.3 Å². The van der Waals surface area contributed by atoms with E-state index in [1.807, 2.05) is 57.0 Å². The summed E-state index contributed by atoms with van der Waals surface area (Å²) in [4.78, 5) is 14.9. The molecule has 0 spiro atoms. The van der Waals surface area contributed by atoms with Crippen LogP contribution in [0.15, 0.2) is 54.7 Å². The van der Waals surface area contributed by atoms with Crippen LogP contribution in [0.5, 0.6) is 0 Å². The molecule has 0 unspecified atom stereocenters. The van der Waals surface area contributed by atoms with Crippen LogP contribution in [0.3, 0.4) is 0 Å². The van der Waals surface area contributed by atoms with Crippen LogP contribution in [-0.2, 0) is 21.6 Å². The molecule has 0 aliphatic rings. The molecule has 0 aliphatic carbocycles. The largest absolute Gasteiger partial charge is 0.463 e. The third-order valence-corrected chi connectivity index (χ3v) is 7.38. The Morgan fingerprint density at radius 1 is 0.878 bits per heavy atom. The molecule has 1 aromatic heterocycles. The molecule has 0 fully saturated rings. The number of rotatable bonds is 8. The molecule has 0 bridgehead atoms. The van der Waals surface area contributed by atoms with Crippen molar-refractivity contribution in [3.63, 3.8) is 0 Å². The topological polar surface area (TPSA) is 59.4 Å². The highest BCUT2D eigenvalue weighted by Gasteiger charge is 2.70. The van der Waals surface area contributed by atoms with Crippen molar-refractivity contribution < 1.29 is 41.0 Å². The van der Waals surface area contributed by atoms with E-state index in [9.17, 15) is 36.2 Å². The number of halogens is 6. The van der Waals surface area contributed by atoms with E-state index in [4.69, 9.17) is 4.74 Å². The number of hydrogen-bond acceptors (Lipinski definition) is 4. The van der Waals surface area contributed by atoms with E-state index in [-0.39, 0.29) is 12.2 Å². The molecule has 0 aliphatic heterocycles. The van der Waals surface area contributed by atoms with Crippen molar-refractivity contribution in [1.29, 1.82) is 0 Å². The summed E-state index contributed by atoms with van der Waals surface area (Å²) >= 11 is 0. The Bertz CT molecular complexity index is 1430. The minimum absolute atomic E-state index is 0.0543. The van der Waals surface area contributed by atoms with Crippen molar-refractivity contribution in [3.05, 3.63) is 88.1 Å². The molecule has 3 rings (SSSR count). The third kappa shape index (κ3) is 6.25. The van der Waals surface area contributed by atoms with E-state index in [1.165, 1.54) is 6.07 Å². The Hall–Kier alpha value is -3.84. The number of aliphatic hydroxyl groups is 1. The minimum atomic E-state index is -6.02. The van der Waals surface area contributed by atoms with Gasteiger partial charge < -0.3 is 9.84 Å². The smallest absolute Gasteiger partial charge is 0.438 e. The summed E-state index contributed by atoms with van der Waals surface area (Å²) < 4.78 is 83.0. The van der Waals surface area contributed by atoms with Crippen LogP contribution >= 0.6 is 0 Å². The predicted octanol–water partition coefficient (Wildman–Crippen LogP) is 7.35. The lowest BCUT2D eigenvalue weighted by Crippen LogP contribution is -2.55. The van der Waals surface area contributed by atoms with Gasteiger partial charge in [-0.1, -0.05) is 56.2 Å². The maximum atomic E-state index is 13.0. The number of hydrogen-bond donors (Lipinski definition) is 1. The van der Waals surface area contributed by atoms with Gasteiger partial charge in [-0.15, -0.1) is 0 Å². The zero-order valence-corrected chi connectivity index (χ0v) is 22.9. The SMILES string of the molecule is CCC(CC)(c1ccc(C#CC(O)(C(F)(F)F)C(F)(F)F)c(C)c1)c1ccc(-c2ccc(COC=O)cn2)c(C)c1. The van der Waals surface area contributed by atoms with Gasteiger partial charge in [0.2, 0.25) is 0 Å². The first-order chi connectivity index (χ1) is 19.1. The van der Waals surface area contributed by atoms with Crippen molar-refractivity contribution in [1.82, 2.24) is 4.98 Å². The van der Waals surface area contributed by atoms with Gasteiger partial charge in [-0.25, -0.2) is 0 Å². The highest BCUT2D eigenvalue weighted by molar-refractivity contribution is 5.65. The van der Waals surface area contributed by atoms with Gasteiger partial charge in [0.05, 0.1) is 5.69 Å². The molecule has 3 aromatic rings. The van der Waals surface area contributed by atoms with Crippen LogP contribution in [0.25, 0.3) is 11.3 Å². The number of aryl methyl sites for hydroxylation is 2. The van der Waals surface area contributed by atoms with Gasteiger partial charge in [0, 0.05) is 28.3 Å². The van der Waals surface area contributed by atoms with Crippen molar-refractivity contribution in [2.45, 2.75) is 70.5 Å². The second-order valence-electron chi connectivity index (χ2n) is 9.76. The van der Waals surface area contributed by atoms with Crippen molar-refractivity contribution in [2.75, 3.05) is 0 Å². The van der Waals surface area contributed by atoms with Crippen molar-refractivity contribution >= 4 is 6.47 Å². The number of pyridine rings is 1. The first-order valence-corrected chi connectivity index (χ1v) is 12.7. The summed E-state index contributed by atoms with van der Waals surface area (Å²) in [5, 5.41) is 9.38. The fourth-order valence-electron chi connectivity index (χ4n) is 4.84. The van der Waals surface area contributed by atoms with Crippen LogP contribution in [0, 0.1) is 25.7 Å². The molecule has 0 saturated heterocycles. The standard InChI is InChI=1S/C31H29F6NO3/c1-5-28(6-2,25-10-11-26(21(4)16-25)27-12-7-22(17-38-27)18-41-19-39)24-9-8-23(20(3)15-24)13-14-29(40,30(32,33)34)31(35,36)37/h7-12,15-17,19,40H,5-6,18H2,1-4H3. The summed E-state index contributed by atoms with van der Waals surface area (Å²) in [6.45, 7) is 8.00. The van der Waals surface area contributed by atoms with E-state index in [0.29, 0.717) is 24.9 Å². The van der Waals surface area contributed by atoms with Gasteiger partial charge in [0.1, 0.15) is 6.61 Å². The Balaban J connectivity index is 2.00. The quantitative estimate of drug-likeness (QED) is 0.173. The van der Waals surface area contributed by atoms with Crippen LogP contribution in [0.4, 0.5) is 26.3 Å². The zero-order chi connectivity index (χ0) is 30.6. The number of aromatic nitrogens is 1. The van der Waals surface area contributed by atoms with Crippen molar-refractivity contribution in [2.24, 2.45) is 0 Å². The first-order valence-electron chi connectivity index (χ1n) is 12.7. The minimum Gasteiger partial charge on any atom is -0.463 e. The van der Waals surface area contributed by atoms with Gasteiger partial charge in [0.15, 0.2) is 0 Å². The lowest BCUT2D eigenvalue weighted by molar-refractivity contribution is -0.343. The first kappa shape index (κ1) is 31.7. The Morgan fingerprint density at radius 2 is 1.46 bits per heavy atom. The highest BCUT2D eigenvalue weighted by atomic mass is 19.4. The van der Waals surface area contributed by atoms with Crippen molar-refractivity contribution in [3.8, 4) is 23.1 Å². The number of nitrogens with zero attached hydrogens (tertiary/aromatic N) is 1. The molecular weight excluding hydrogens is 548 g/mol. The summed E-state index contributed by atoms with van der Waals surface area (Å²) in [7, 11) is 0. The molecule has 41 heavy (non-hydrogen) atoms. The Kier molecular flexibility index (Phi) is 9.24. The lowest BCUT2D eigenvalue weighted by atomic mass is 9.69. The molecule has 0 saturated carbocycles. The molecule has 0 radical (unpaired) electrons. The molecule has 0 amide bonds. The van der Waals surface area contributed by atoms with Crippen LogP contribution < -0.4 is 0 Å². The van der Waals surface area contributed by atoms with Crippen LogP contribution in [0.2, 0.25) is 0 Å². The third-order valence-electron chi connectivity index (χ3n) is 7.38. The summed E-state index contributed by atoms with van der Waals surface area (Å²) in [5.74, 6) is 2.92. The van der Waals surface area contributed by atoms with Gasteiger partial charge in [-0.2, -0.15) is 26.3 Å². The number of carbonyl (C=O) groups excluding carboxylic acids is 1. The van der Waals surface area contributed by atoms with Crippen LogP contribution in [0.1, 0.15) is 60.1 Å². The summed E-state index contributed by atoms with van der Waals surface area (Å²) in [6, 6.07) is 14.4. The second-order valence-corrected chi connectivity index (χ2v) is 9.76. The van der Waals surface area contributed by atoms with Gasteiger partial charge >= 0.3 is 18.0 Å². The van der Waals surface area contributed by atoms with E-state index in [0.717, 1.165) is 39.4 Å². The fourth-order valence-corrected chi connectivity index (χ4v) is 4.84. The predicted molar refractivity (Wildman–Crippen MR) is 142 cm³/mol. The van der Waals surface area contributed by atoms with E-state index >= 15 is 0 Å². The molecule has 1 N–H and O–H groups in total. The molecule has 10 heteroatoms. The Morgan fingerprint density at radius 3 is 1.93 bits per heavy atom. The maximum absolute atomic E-state index is 13.0. The molecular formula is C31H29F6NO3. The lowest BCUT2D eigenvalue weighted by Gasteiger charge is -2.34. The Labute approximate surface area is 234 Å². The molecule has 218 valence electrons. The van der Waals surface area contributed by atoms with Gasteiger partial charge in [-0.3, -0.25) is 9.78 Å².